The van der Waals surface area contributed by atoms with Crippen molar-refractivity contribution in [1.29, 1.82) is 0 Å². The van der Waals surface area contributed by atoms with Crippen LogP contribution in [-0.2, 0) is 36.7 Å². The number of carbonyl (C=O) groups is 1. The molecule has 0 aliphatic carbocycles. The minimum atomic E-state index is -0.337. The molecule has 0 fully saturated rings. The number of aryl methyl sites for hydroxylation is 1. The average molecular weight is 899 g/mol. The van der Waals surface area contributed by atoms with Gasteiger partial charge in [-0.3, -0.25) is 9.78 Å². The van der Waals surface area contributed by atoms with Gasteiger partial charge in [-0.25, -0.2) is 0 Å². The first-order chi connectivity index (χ1) is 24.0. The van der Waals surface area contributed by atoms with Crippen LogP contribution in [0.1, 0.15) is 119 Å². The van der Waals surface area contributed by atoms with E-state index in [1.54, 1.807) is 11.3 Å². The van der Waals surface area contributed by atoms with E-state index in [0.717, 1.165) is 87.4 Å². The molecule has 0 aliphatic rings. The number of hydrogen-bond donors (Lipinski definition) is 1. The zero-order chi connectivity index (χ0) is 37.5. The third-order valence-corrected chi connectivity index (χ3v) is 12.2. The van der Waals surface area contributed by atoms with Crippen molar-refractivity contribution in [2.24, 2.45) is 16.7 Å². The van der Waals surface area contributed by atoms with Crippen molar-refractivity contribution in [3.05, 3.63) is 76.7 Å². The number of rotatable bonds is 10. The van der Waals surface area contributed by atoms with Crippen molar-refractivity contribution in [2.45, 2.75) is 121 Å². The van der Waals surface area contributed by atoms with Crippen LogP contribution in [0, 0.1) is 29.7 Å². The monoisotopic (exact) mass is 899 g/mol. The van der Waals surface area contributed by atoms with Gasteiger partial charge >= 0.3 is 0 Å². The van der Waals surface area contributed by atoms with E-state index in [4.69, 9.17) is 13.8 Å². The van der Waals surface area contributed by atoms with Crippen LogP contribution in [0.15, 0.2) is 62.6 Å². The molecule has 6 rings (SSSR count). The fourth-order valence-corrected chi connectivity index (χ4v) is 7.82. The molecule has 2 aromatic carbocycles. The van der Waals surface area contributed by atoms with Gasteiger partial charge in [0.1, 0.15) is 17.1 Å². The van der Waals surface area contributed by atoms with Crippen LogP contribution in [0.2, 0.25) is 0 Å². The molecule has 4 aromatic heterocycles. The molecule has 52 heavy (non-hydrogen) atoms. The molecule has 1 N–H and O–H groups in total. The van der Waals surface area contributed by atoms with Crippen molar-refractivity contribution in [1.82, 2.24) is 4.98 Å². The first kappa shape index (κ1) is 41.5. The summed E-state index contributed by atoms with van der Waals surface area (Å²) in [6, 6.07) is 14.3. The predicted octanol–water partition coefficient (Wildman–Crippen LogP) is 13.9. The summed E-state index contributed by atoms with van der Waals surface area (Å²) in [7, 11) is 0. The van der Waals surface area contributed by atoms with Gasteiger partial charge in [0.2, 0.25) is 0 Å². The first-order valence-corrected chi connectivity index (χ1v) is 19.5. The number of allylic oxidation sites excluding steroid dienone is 2. The molecule has 0 spiro atoms. The number of hydrogen-bond acceptors (Lipinski definition) is 6. The maximum absolute atomic E-state index is 12.2. The van der Waals surface area contributed by atoms with Gasteiger partial charge in [-0.1, -0.05) is 93.4 Å². The smallest absolute Gasteiger partial charge is 0.177 e. The maximum Gasteiger partial charge on any atom is 0.177 e. The summed E-state index contributed by atoms with van der Waals surface area (Å²) in [5, 5.41) is 16.6. The molecule has 5 nitrogen and oxygen atoms in total. The van der Waals surface area contributed by atoms with Crippen LogP contribution in [-0.4, -0.2) is 15.9 Å². The third-order valence-electron chi connectivity index (χ3n) is 11.3. The minimum Gasteiger partial charge on any atom is -0.512 e. The molecule has 6 aromatic rings. The standard InChI is InChI=1S/C30H28NO2S.C15H28O2.Ir/c1-16(2)13-22-17(3)32-27-20(22)7-8-21-25-24(33-28(21)27)9-11-31-26(25)19-14-18-10-12-34-29(18)23(15-19)30(4,5)6;1-7-14(5,8-2)12(16)11-13(17)15(6,9-3)10-4;/h7-12,15-16H,13H2,1-6H3;11,16H,7-10H2,1-6H3;/q-1;;/b;12-11-;. The fraction of sp³-hybridized carbons (Fsp3) is 0.467. The summed E-state index contributed by atoms with van der Waals surface area (Å²) < 4.78 is 14.0. The number of furan rings is 2. The second-order valence-electron chi connectivity index (χ2n) is 16.1. The number of ketones is 1. The molecular weight excluding hydrogens is 843 g/mol. The summed E-state index contributed by atoms with van der Waals surface area (Å²) in [5.41, 5.74) is 6.37. The fourth-order valence-electron chi connectivity index (χ4n) is 6.75. The van der Waals surface area contributed by atoms with E-state index in [9.17, 15) is 9.90 Å². The van der Waals surface area contributed by atoms with Crippen molar-refractivity contribution < 1.29 is 38.8 Å². The van der Waals surface area contributed by atoms with E-state index < -0.39 is 0 Å². The molecule has 4 heterocycles. The van der Waals surface area contributed by atoms with Gasteiger partial charge < -0.3 is 13.9 Å². The van der Waals surface area contributed by atoms with E-state index in [0.29, 0.717) is 5.92 Å². The third kappa shape index (κ3) is 7.84. The Morgan fingerprint density at radius 1 is 0.923 bits per heavy atom. The molecule has 0 saturated heterocycles. The summed E-state index contributed by atoms with van der Waals surface area (Å²) in [6.45, 7) is 25.4. The van der Waals surface area contributed by atoms with Crippen LogP contribution < -0.4 is 0 Å². The quantitative estimate of drug-likeness (QED) is 0.0842. The van der Waals surface area contributed by atoms with Crippen molar-refractivity contribution in [3.63, 3.8) is 0 Å². The zero-order valence-corrected chi connectivity index (χ0v) is 36.3. The Labute approximate surface area is 327 Å². The normalized spacial score (nSPS) is 12.9. The van der Waals surface area contributed by atoms with Crippen LogP contribution >= 0.6 is 11.3 Å². The van der Waals surface area contributed by atoms with Gasteiger partial charge in [0.25, 0.3) is 0 Å². The molecule has 0 unspecified atom stereocenters. The number of pyridine rings is 1. The summed E-state index contributed by atoms with van der Waals surface area (Å²) in [4.78, 5) is 17.0. The largest absolute Gasteiger partial charge is 0.512 e. The van der Waals surface area contributed by atoms with Crippen molar-refractivity contribution in [3.8, 4) is 11.3 Å². The Hall–Kier alpha value is -3.25. The number of benzene rings is 2. The van der Waals surface area contributed by atoms with Crippen LogP contribution in [0.25, 0.3) is 54.3 Å². The Morgan fingerprint density at radius 3 is 2.13 bits per heavy atom. The molecule has 0 bridgehead atoms. The van der Waals surface area contributed by atoms with Gasteiger partial charge in [0.15, 0.2) is 16.9 Å². The van der Waals surface area contributed by atoms with Crippen molar-refractivity contribution >= 4 is 60.1 Å². The molecule has 0 saturated carbocycles. The van der Waals surface area contributed by atoms with Gasteiger partial charge in [-0.2, -0.15) is 11.3 Å². The molecule has 281 valence electrons. The predicted molar refractivity (Wildman–Crippen MR) is 216 cm³/mol. The molecular formula is C45H56IrNO4S-. The Balaban J connectivity index is 0.000000289. The number of thiophene rings is 1. The minimum absolute atomic E-state index is 0. The molecule has 0 atom stereocenters. The molecule has 0 aliphatic heterocycles. The second-order valence-corrected chi connectivity index (χ2v) is 17.0. The second kappa shape index (κ2) is 16.0. The number of fused-ring (bicyclic) bond motifs is 6. The number of aromatic nitrogens is 1. The average Bonchev–Trinajstić information content (AvgIpc) is 3.82. The van der Waals surface area contributed by atoms with E-state index in [-0.39, 0.29) is 47.9 Å². The van der Waals surface area contributed by atoms with E-state index in [1.165, 1.54) is 21.9 Å². The van der Waals surface area contributed by atoms with E-state index in [2.05, 4.69) is 77.3 Å². The summed E-state index contributed by atoms with van der Waals surface area (Å²) >= 11 is 1.78. The van der Waals surface area contributed by atoms with E-state index >= 15 is 0 Å². The summed E-state index contributed by atoms with van der Waals surface area (Å²) in [5.74, 6) is 1.82. The zero-order valence-electron chi connectivity index (χ0n) is 33.1. The van der Waals surface area contributed by atoms with Gasteiger partial charge in [-0.15, -0.1) is 23.6 Å². The number of aliphatic hydroxyl groups excluding tert-OH is 1. The SMILES string of the molecule is CCC(C)(CC)C(=O)/C=C(\O)C(C)(CC)CC.Cc1oc2c(ccc3c2oc2ccnc(-c4[c-]c5ccsc5c(C(C)(C)C)c4)c23)c1CC(C)C.[Ir]. The van der Waals surface area contributed by atoms with E-state index in [1.807, 2.05) is 53.8 Å². The number of carbonyl (C=O) groups excluding carboxylic acids is 1. The molecule has 1 radical (unpaired) electrons. The van der Waals surface area contributed by atoms with Crippen LogP contribution in [0.3, 0.4) is 0 Å². The number of nitrogens with zero attached hydrogens (tertiary/aromatic N) is 1. The van der Waals surface area contributed by atoms with Crippen LogP contribution in [0.5, 0.6) is 0 Å². The Morgan fingerprint density at radius 2 is 1.54 bits per heavy atom. The van der Waals surface area contributed by atoms with Gasteiger partial charge in [0.05, 0.1) is 0 Å². The first-order valence-electron chi connectivity index (χ1n) is 18.6. The maximum atomic E-state index is 12.2. The van der Waals surface area contributed by atoms with Gasteiger partial charge in [0, 0.05) is 70.6 Å². The summed E-state index contributed by atoms with van der Waals surface area (Å²) in [6.07, 6.45) is 7.57. The molecule has 7 heteroatoms. The van der Waals surface area contributed by atoms with Crippen LogP contribution in [0.4, 0.5) is 0 Å². The Bertz CT molecular complexity index is 2220. The number of aliphatic hydroxyl groups is 1. The van der Waals surface area contributed by atoms with Crippen molar-refractivity contribution in [2.75, 3.05) is 0 Å². The van der Waals surface area contributed by atoms with Gasteiger partial charge in [-0.05, 0) is 72.6 Å². The molecule has 0 amide bonds. The Kier molecular flexibility index (Phi) is 12.8. The topological polar surface area (TPSA) is 76.5 Å².